The number of morpholine rings is 1. The number of esters is 1. The topological polar surface area (TPSA) is 44.8 Å². The molecule has 1 aromatic rings. The van der Waals surface area contributed by atoms with Crippen LogP contribution >= 0.6 is 0 Å². The zero-order valence-corrected chi connectivity index (χ0v) is 14.9. The molecule has 0 spiro atoms. The van der Waals surface area contributed by atoms with Crippen molar-refractivity contribution in [2.45, 2.75) is 32.5 Å². The fourth-order valence-corrected chi connectivity index (χ4v) is 2.91. The molecule has 0 aliphatic carbocycles. The second kappa shape index (κ2) is 9.77. The summed E-state index contributed by atoms with van der Waals surface area (Å²) in [6.45, 7) is 7.13. The van der Waals surface area contributed by atoms with Gasteiger partial charge < -0.3 is 18.7 Å². The van der Waals surface area contributed by atoms with Crippen LogP contribution in [-0.2, 0) is 25.6 Å². The van der Waals surface area contributed by atoms with Gasteiger partial charge in [-0.1, -0.05) is 37.3 Å². The molecule has 1 saturated heterocycles. The van der Waals surface area contributed by atoms with Crippen LogP contribution in [0, 0.1) is 0 Å². The summed E-state index contributed by atoms with van der Waals surface area (Å²) in [6.07, 6.45) is 1.05. The molecule has 0 N–H and O–H groups in total. The van der Waals surface area contributed by atoms with Gasteiger partial charge in [-0.2, -0.15) is 0 Å². The minimum Gasteiger partial charge on any atom is -0.454 e. The lowest BCUT2D eigenvalue weighted by molar-refractivity contribution is -0.919. The molecule has 2 rings (SSSR count). The average molecular weight is 336 g/mol. The Balaban J connectivity index is 1.87. The highest BCUT2D eigenvalue weighted by Crippen LogP contribution is 2.12. The molecule has 0 saturated carbocycles. The molecule has 0 amide bonds. The van der Waals surface area contributed by atoms with Crippen LogP contribution < -0.4 is 0 Å². The molecule has 0 unspecified atom stereocenters. The van der Waals surface area contributed by atoms with Gasteiger partial charge in [0, 0.05) is 6.42 Å². The lowest BCUT2D eigenvalue weighted by atomic mass is 10.2. The molecule has 24 heavy (non-hydrogen) atoms. The van der Waals surface area contributed by atoms with Gasteiger partial charge in [-0.05, 0) is 12.0 Å². The number of nitrogens with zero attached hydrogens (tertiary/aromatic N) is 1. The van der Waals surface area contributed by atoms with Gasteiger partial charge in [0.25, 0.3) is 0 Å². The summed E-state index contributed by atoms with van der Waals surface area (Å²) < 4.78 is 17.8. The standard InChI is InChI=1S/C19H30NO4/c1-3-7-19(21)24-18(14-20(2)10-12-22-13-11-20)16-23-15-17-8-5-4-6-9-17/h4-6,8-9,18H,3,7,10-16H2,1-2H3/q+1/t18-/m0/s1. The van der Waals surface area contributed by atoms with E-state index in [1.165, 1.54) is 0 Å². The number of carbonyl (C=O) groups excluding carboxylic acids is 1. The summed E-state index contributed by atoms with van der Waals surface area (Å²) >= 11 is 0. The highest BCUT2D eigenvalue weighted by molar-refractivity contribution is 5.69. The Morgan fingerprint density at radius 1 is 1.25 bits per heavy atom. The highest BCUT2D eigenvalue weighted by Gasteiger charge is 2.31. The zero-order valence-electron chi connectivity index (χ0n) is 14.9. The van der Waals surface area contributed by atoms with Crippen LogP contribution in [-0.4, -0.2) is 63.1 Å². The Hall–Kier alpha value is -1.43. The first kappa shape index (κ1) is 18.9. The Labute approximate surface area is 145 Å². The largest absolute Gasteiger partial charge is 0.454 e. The van der Waals surface area contributed by atoms with Crippen LogP contribution in [0.5, 0.6) is 0 Å². The molecule has 5 heteroatoms. The molecule has 0 radical (unpaired) electrons. The zero-order chi connectivity index (χ0) is 17.3. The van der Waals surface area contributed by atoms with Crippen molar-refractivity contribution in [3.63, 3.8) is 0 Å². The van der Waals surface area contributed by atoms with Gasteiger partial charge in [0.15, 0.2) is 6.10 Å². The van der Waals surface area contributed by atoms with Crippen molar-refractivity contribution in [1.82, 2.24) is 0 Å². The van der Waals surface area contributed by atoms with Crippen molar-refractivity contribution < 1.29 is 23.5 Å². The Kier molecular flexibility index (Phi) is 7.69. The van der Waals surface area contributed by atoms with E-state index in [-0.39, 0.29) is 12.1 Å². The van der Waals surface area contributed by atoms with Crippen molar-refractivity contribution >= 4 is 5.97 Å². The predicted octanol–water partition coefficient (Wildman–Crippen LogP) is 2.39. The fraction of sp³-hybridized carbons (Fsp3) is 0.632. The summed E-state index contributed by atoms with van der Waals surface area (Å²) in [4.78, 5) is 11.9. The van der Waals surface area contributed by atoms with Crippen molar-refractivity contribution in [2.24, 2.45) is 0 Å². The number of hydrogen-bond acceptors (Lipinski definition) is 4. The lowest BCUT2D eigenvalue weighted by Gasteiger charge is -2.39. The maximum Gasteiger partial charge on any atom is 0.306 e. The number of rotatable bonds is 9. The van der Waals surface area contributed by atoms with Gasteiger partial charge in [-0.25, -0.2) is 0 Å². The third-order valence-electron chi connectivity index (χ3n) is 4.36. The average Bonchev–Trinajstić information content (AvgIpc) is 2.56. The molecule has 1 aromatic carbocycles. The van der Waals surface area contributed by atoms with E-state index in [0.29, 0.717) is 19.6 Å². The Bertz CT molecular complexity index is 485. The normalized spacial score (nSPS) is 18.1. The first-order valence-corrected chi connectivity index (χ1v) is 8.84. The predicted molar refractivity (Wildman–Crippen MR) is 92.5 cm³/mol. The Morgan fingerprint density at radius 3 is 2.62 bits per heavy atom. The molecule has 1 aliphatic rings. The van der Waals surface area contributed by atoms with Crippen molar-refractivity contribution in [3.8, 4) is 0 Å². The summed E-state index contributed by atoms with van der Waals surface area (Å²) in [6, 6.07) is 10.1. The van der Waals surface area contributed by atoms with Crippen LogP contribution in [0.3, 0.4) is 0 Å². The van der Waals surface area contributed by atoms with E-state index in [4.69, 9.17) is 14.2 Å². The van der Waals surface area contributed by atoms with Crippen LogP contribution in [0.15, 0.2) is 30.3 Å². The number of quaternary nitrogens is 1. The van der Waals surface area contributed by atoms with E-state index >= 15 is 0 Å². The van der Waals surface area contributed by atoms with E-state index in [1.807, 2.05) is 37.3 Å². The SMILES string of the molecule is CCCC(=O)O[C@H](COCc1ccccc1)C[N+]1(C)CCOCC1. The minimum atomic E-state index is -0.212. The third kappa shape index (κ3) is 6.59. The molecule has 5 nitrogen and oxygen atoms in total. The summed E-state index contributed by atoms with van der Waals surface area (Å²) in [5.74, 6) is -0.134. The second-order valence-electron chi connectivity index (χ2n) is 6.72. The maximum absolute atomic E-state index is 11.9. The summed E-state index contributed by atoms with van der Waals surface area (Å²) in [5, 5.41) is 0. The van der Waals surface area contributed by atoms with E-state index in [9.17, 15) is 4.79 Å². The van der Waals surface area contributed by atoms with Crippen molar-refractivity contribution in [3.05, 3.63) is 35.9 Å². The van der Waals surface area contributed by atoms with E-state index in [0.717, 1.165) is 49.3 Å². The molecule has 1 atom stereocenters. The van der Waals surface area contributed by atoms with Crippen LogP contribution in [0.1, 0.15) is 25.3 Å². The second-order valence-corrected chi connectivity index (χ2v) is 6.72. The van der Waals surface area contributed by atoms with Crippen molar-refractivity contribution in [2.75, 3.05) is 46.5 Å². The summed E-state index contributed by atoms with van der Waals surface area (Å²) in [5.41, 5.74) is 1.13. The number of ether oxygens (including phenoxy) is 3. The van der Waals surface area contributed by atoms with Gasteiger partial charge in [-0.3, -0.25) is 4.79 Å². The molecule has 1 heterocycles. The number of likely N-dealkylation sites (N-methyl/N-ethyl adjacent to an activating group) is 1. The summed E-state index contributed by atoms with van der Waals surface area (Å²) in [7, 11) is 2.19. The van der Waals surface area contributed by atoms with Gasteiger partial charge in [0.2, 0.25) is 0 Å². The molecular weight excluding hydrogens is 306 g/mol. The van der Waals surface area contributed by atoms with Gasteiger partial charge >= 0.3 is 5.97 Å². The smallest absolute Gasteiger partial charge is 0.306 e. The van der Waals surface area contributed by atoms with Gasteiger partial charge in [0.1, 0.15) is 19.6 Å². The van der Waals surface area contributed by atoms with Gasteiger partial charge in [-0.15, -0.1) is 0 Å². The fourth-order valence-electron chi connectivity index (χ4n) is 2.91. The maximum atomic E-state index is 11.9. The highest BCUT2D eigenvalue weighted by atomic mass is 16.6. The van der Waals surface area contributed by atoms with Crippen LogP contribution in [0.25, 0.3) is 0 Å². The van der Waals surface area contributed by atoms with Crippen LogP contribution in [0.4, 0.5) is 0 Å². The lowest BCUT2D eigenvalue weighted by Crippen LogP contribution is -2.56. The molecule has 0 aromatic heterocycles. The molecule has 0 bridgehead atoms. The molecule has 1 fully saturated rings. The first-order valence-electron chi connectivity index (χ1n) is 8.84. The van der Waals surface area contributed by atoms with E-state index < -0.39 is 0 Å². The van der Waals surface area contributed by atoms with E-state index in [1.54, 1.807) is 0 Å². The van der Waals surface area contributed by atoms with Crippen molar-refractivity contribution in [1.29, 1.82) is 0 Å². The first-order chi connectivity index (χ1) is 11.6. The molecular formula is C19H30NO4+. The Morgan fingerprint density at radius 2 is 1.96 bits per heavy atom. The number of carbonyl (C=O) groups is 1. The minimum absolute atomic E-state index is 0.134. The number of benzene rings is 1. The monoisotopic (exact) mass is 336 g/mol. The van der Waals surface area contributed by atoms with E-state index in [2.05, 4.69) is 7.05 Å². The van der Waals surface area contributed by atoms with Crippen LogP contribution in [0.2, 0.25) is 0 Å². The quantitative estimate of drug-likeness (QED) is 0.513. The van der Waals surface area contributed by atoms with Gasteiger partial charge in [0.05, 0.1) is 33.5 Å². The third-order valence-corrected chi connectivity index (χ3v) is 4.36. The molecule has 134 valence electrons. The molecule has 1 aliphatic heterocycles. The number of hydrogen-bond donors (Lipinski definition) is 0.